The van der Waals surface area contributed by atoms with Crippen LogP contribution in [-0.2, 0) is 27.7 Å². The minimum Gasteiger partial charge on any atom is -0.339 e. The molecule has 1 aliphatic rings. The van der Waals surface area contributed by atoms with Crippen LogP contribution in [0.1, 0.15) is 43.0 Å². The number of aryl methyl sites for hydroxylation is 3. The first-order valence-electron chi connectivity index (χ1n) is 11.1. The number of piperidine rings is 1. The molecule has 1 saturated heterocycles. The van der Waals surface area contributed by atoms with Crippen molar-refractivity contribution in [2.75, 3.05) is 18.4 Å². The number of rotatable bonds is 7. The van der Waals surface area contributed by atoms with Gasteiger partial charge in [0.2, 0.25) is 27.6 Å². The normalized spacial score (nSPS) is 17.2. The van der Waals surface area contributed by atoms with Crippen molar-refractivity contribution in [1.29, 1.82) is 0 Å². The summed E-state index contributed by atoms with van der Waals surface area (Å²) in [7, 11) is -3.75. The van der Waals surface area contributed by atoms with Gasteiger partial charge in [0.15, 0.2) is 0 Å². The summed E-state index contributed by atoms with van der Waals surface area (Å²) in [5.41, 5.74) is 1.88. The van der Waals surface area contributed by atoms with Crippen molar-refractivity contribution in [1.82, 2.24) is 14.4 Å². The number of amides is 1. The Balaban J connectivity index is 1.50. The molecule has 0 spiro atoms. The van der Waals surface area contributed by atoms with Gasteiger partial charge in [-0.15, -0.1) is 11.3 Å². The topological polar surface area (TPSA) is 105 Å². The number of anilines is 1. The van der Waals surface area contributed by atoms with Gasteiger partial charge < -0.3 is 9.84 Å². The Morgan fingerprint density at radius 1 is 1.27 bits per heavy atom. The molecule has 8 nitrogen and oxygen atoms in total. The van der Waals surface area contributed by atoms with Crippen LogP contribution in [-0.4, -0.2) is 41.9 Å². The molecule has 1 aromatic carbocycles. The van der Waals surface area contributed by atoms with Crippen LogP contribution in [0.3, 0.4) is 0 Å². The number of nitrogens with one attached hydrogen (secondary N) is 1. The Morgan fingerprint density at radius 3 is 2.82 bits per heavy atom. The van der Waals surface area contributed by atoms with Gasteiger partial charge in [0.25, 0.3) is 0 Å². The predicted molar refractivity (Wildman–Crippen MR) is 128 cm³/mol. The van der Waals surface area contributed by atoms with Crippen molar-refractivity contribution in [3.05, 3.63) is 46.7 Å². The van der Waals surface area contributed by atoms with Crippen LogP contribution in [0.5, 0.6) is 0 Å². The molecule has 2 aromatic heterocycles. The number of hydrogen-bond acceptors (Lipinski definition) is 7. The van der Waals surface area contributed by atoms with E-state index in [0.29, 0.717) is 47.3 Å². The largest absolute Gasteiger partial charge is 0.339 e. The molecule has 3 heterocycles. The second-order valence-electron chi connectivity index (χ2n) is 8.14. The van der Waals surface area contributed by atoms with E-state index in [2.05, 4.69) is 22.4 Å². The molecule has 1 atom stereocenters. The fourth-order valence-electron chi connectivity index (χ4n) is 3.96. The van der Waals surface area contributed by atoms with Gasteiger partial charge in [-0.05, 0) is 49.9 Å². The molecule has 0 aliphatic carbocycles. The van der Waals surface area contributed by atoms with E-state index in [1.807, 2.05) is 31.2 Å². The molecule has 0 bridgehead atoms. The van der Waals surface area contributed by atoms with Crippen LogP contribution in [0.15, 0.2) is 39.8 Å². The summed E-state index contributed by atoms with van der Waals surface area (Å²) in [6, 6.07) is 9.34. The Labute approximate surface area is 198 Å². The van der Waals surface area contributed by atoms with Gasteiger partial charge >= 0.3 is 0 Å². The molecule has 0 radical (unpaired) electrons. The minimum atomic E-state index is -3.75. The van der Waals surface area contributed by atoms with E-state index >= 15 is 0 Å². The molecule has 1 amide bonds. The van der Waals surface area contributed by atoms with Crippen molar-refractivity contribution in [3.63, 3.8) is 0 Å². The second kappa shape index (κ2) is 9.74. The maximum atomic E-state index is 13.5. The Hall–Kier alpha value is -2.56. The third-order valence-electron chi connectivity index (χ3n) is 5.84. The van der Waals surface area contributed by atoms with Gasteiger partial charge in [0.1, 0.15) is 0 Å². The number of aromatic nitrogens is 2. The molecule has 1 aliphatic heterocycles. The van der Waals surface area contributed by atoms with Crippen molar-refractivity contribution >= 4 is 33.0 Å². The summed E-state index contributed by atoms with van der Waals surface area (Å²) in [6.07, 6.45) is 2.78. The maximum Gasteiger partial charge on any atom is 0.244 e. The van der Waals surface area contributed by atoms with Gasteiger partial charge in [-0.1, -0.05) is 31.1 Å². The van der Waals surface area contributed by atoms with E-state index in [-0.39, 0.29) is 17.3 Å². The number of carbonyl (C=O) groups is 1. The van der Waals surface area contributed by atoms with Gasteiger partial charge in [0, 0.05) is 30.1 Å². The summed E-state index contributed by atoms with van der Waals surface area (Å²) in [5.74, 6) is 0.354. The Kier molecular flexibility index (Phi) is 6.96. The highest BCUT2D eigenvalue weighted by Gasteiger charge is 2.35. The molecule has 176 valence electrons. The maximum absolute atomic E-state index is 13.5. The van der Waals surface area contributed by atoms with Gasteiger partial charge in [-0.3, -0.25) is 4.79 Å². The van der Waals surface area contributed by atoms with Crippen LogP contribution in [0.2, 0.25) is 0 Å². The second-order valence-corrected chi connectivity index (χ2v) is 11.3. The van der Waals surface area contributed by atoms with Gasteiger partial charge in [0.05, 0.1) is 15.7 Å². The average molecular weight is 489 g/mol. The summed E-state index contributed by atoms with van der Waals surface area (Å²) >= 11 is 1.32. The number of sulfonamides is 1. The number of hydrogen-bond donors (Lipinski definition) is 1. The van der Waals surface area contributed by atoms with E-state index < -0.39 is 15.9 Å². The molecule has 3 aromatic rings. The smallest absolute Gasteiger partial charge is 0.244 e. The quantitative estimate of drug-likeness (QED) is 0.532. The highest BCUT2D eigenvalue weighted by molar-refractivity contribution is 7.89. The Morgan fingerprint density at radius 2 is 2.09 bits per heavy atom. The van der Waals surface area contributed by atoms with E-state index in [1.165, 1.54) is 15.6 Å². The first kappa shape index (κ1) is 23.6. The van der Waals surface area contributed by atoms with Crippen molar-refractivity contribution in [3.8, 4) is 10.7 Å². The molecule has 4 rings (SSSR count). The highest BCUT2D eigenvalue weighted by Crippen LogP contribution is 2.35. The Bertz CT molecular complexity index is 1250. The van der Waals surface area contributed by atoms with Crippen molar-refractivity contribution in [2.24, 2.45) is 5.92 Å². The van der Waals surface area contributed by atoms with E-state index in [4.69, 9.17) is 4.52 Å². The SMILES string of the molecule is CCc1cccc(NC(=O)[C@@H]2CCCN(S(=O)(=O)c3cc(-c4noc(CC)n4)sc3C)C2)c1. The number of carbonyl (C=O) groups excluding carboxylic acids is 1. The first-order valence-corrected chi connectivity index (χ1v) is 13.4. The lowest BCUT2D eigenvalue weighted by molar-refractivity contribution is -0.120. The minimum absolute atomic E-state index is 0.148. The first-order chi connectivity index (χ1) is 15.8. The molecular formula is C23H28N4O4S2. The average Bonchev–Trinajstić information content (AvgIpc) is 3.46. The predicted octanol–water partition coefficient (Wildman–Crippen LogP) is 4.27. The van der Waals surface area contributed by atoms with Crippen LogP contribution in [0.25, 0.3) is 10.7 Å². The molecule has 0 saturated carbocycles. The van der Waals surface area contributed by atoms with E-state index in [1.54, 1.807) is 13.0 Å². The fraction of sp³-hybridized carbons (Fsp3) is 0.435. The summed E-state index contributed by atoms with van der Waals surface area (Å²) in [5, 5.41) is 6.91. The number of nitrogens with zero attached hydrogens (tertiary/aromatic N) is 3. The van der Waals surface area contributed by atoms with Crippen molar-refractivity contribution < 1.29 is 17.7 Å². The van der Waals surface area contributed by atoms with Gasteiger partial charge in [-0.25, -0.2) is 8.42 Å². The molecule has 10 heteroatoms. The molecule has 33 heavy (non-hydrogen) atoms. The molecule has 1 fully saturated rings. The zero-order chi connectivity index (χ0) is 23.6. The van der Waals surface area contributed by atoms with Crippen LogP contribution in [0, 0.1) is 12.8 Å². The number of thiophene rings is 1. The van der Waals surface area contributed by atoms with Crippen LogP contribution in [0.4, 0.5) is 5.69 Å². The summed E-state index contributed by atoms with van der Waals surface area (Å²) < 4.78 is 33.5. The number of benzene rings is 1. The van der Waals surface area contributed by atoms with E-state index in [0.717, 1.165) is 17.7 Å². The lowest BCUT2D eigenvalue weighted by atomic mass is 9.98. The summed E-state index contributed by atoms with van der Waals surface area (Å²) in [4.78, 5) is 18.8. The standard InChI is InChI=1S/C23H28N4O4S2/c1-4-16-8-6-10-18(12-16)24-23(28)17-9-7-11-27(14-17)33(29,30)20-13-19(32-15(20)3)22-25-21(5-2)31-26-22/h6,8,10,12-13,17H,4-5,7,9,11,14H2,1-3H3,(H,24,28)/t17-/m1/s1. The zero-order valence-electron chi connectivity index (χ0n) is 19.0. The van der Waals surface area contributed by atoms with Crippen molar-refractivity contribution in [2.45, 2.75) is 51.3 Å². The fourth-order valence-corrected chi connectivity index (χ4v) is 6.97. The van der Waals surface area contributed by atoms with Gasteiger partial charge in [-0.2, -0.15) is 9.29 Å². The lowest BCUT2D eigenvalue weighted by Gasteiger charge is -2.31. The molecular weight excluding hydrogens is 460 g/mol. The summed E-state index contributed by atoms with van der Waals surface area (Å²) in [6.45, 7) is 6.30. The third kappa shape index (κ3) is 5.02. The van der Waals surface area contributed by atoms with Crippen LogP contribution < -0.4 is 5.32 Å². The third-order valence-corrected chi connectivity index (χ3v) is 9.01. The monoisotopic (exact) mass is 488 g/mol. The lowest BCUT2D eigenvalue weighted by Crippen LogP contribution is -2.43. The highest BCUT2D eigenvalue weighted by atomic mass is 32.2. The van der Waals surface area contributed by atoms with Crippen LogP contribution >= 0.6 is 11.3 Å². The zero-order valence-corrected chi connectivity index (χ0v) is 20.6. The molecule has 1 N–H and O–H groups in total. The molecule has 0 unspecified atom stereocenters. The van der Waals surface area contributed by atoms with E-state index in [9.17, 15) is 13.2 Å².